The molecule has 4 rings (SSSR count). The predicted molar refractivity (Wildman–Crippen MR) is 121 cm³/mol. The van der Waals surface area contributed by atoms with E-state index in [4.69, 9.17) is 5.73 Å². The summed E-state index contributed by atoms with van der Waals surface area (Å²) < 4.78 is 43.8. The average molecular weight is 519 g/mol. The van der Waals surface area contributed by atoms with Gasteiger partial charge < -0.3 is 20.6 Å². The molecule has 1 aromatic heterocycles. The first-order chi connectivity index (χ1) is 17.5. The summed E-state index contributed by atoms with van der Waals surface area (Å²) in [4.78, 5) is 52.1. The number of hydrogen-bond acceptors (Lipinski definition) is 8. The number of nitrogens with one attached hydrogen (secondary N) is 1. The van der Waals surface area contributed by atoms with Crippen molar-refractivity contribution >= 4 is 40.3 Å². The number of nitrogens with zero attached hydrogens (tertiary/aromatic N) is 3. The van der Waals surface area contributed by atoms with E-state index in [2.05, 4.69) is 20.0 Å². The van der Waals surface area contributed by atoms with Gasteiger partial charge in [0.25, 0.3) is 5.91 Å². The maximum atomic E-state index is 12.9. The fourth-order valence-electron chi connectivity index (χ4n) is 3.98. The summed E-state index contributed by atoms with van der Waals surface area (Å²) in [5.74, 6) is -6.87. The van der Waals surface area contributed by atoms with Gasteiger partial charge in [0.1, 0.15) is 5.52 Å². The quantitative estimate of drug-likeness (QED) is 0.469. The zero-order chi connectivity index (χ0) is 26.9. The molecule has 1 saturated heterocycles. The molecule has 0 spiro atoms. The highest BCUT2D eigenvalue weighted by Crippen LogP contribution is 2.28. The first kappa shape index (κ1) is 25.6. The lowest BCUT2D eigenvalue weighted by atomic mass is 9.95. The lowest BCUT2D eigenvalue weighted by molar-refractivity contribution is -0.235. The van der Waals surface area contributed by atoms with Gasteiger partial charge in [-0.3, -0.25) is 14.4 Å². The summed E-state index contributed by atoms with van der Waals surface area (Å²) in [7, 11) is 1.07. The van der Waals surface area contributed by atoms with Crippen molar-refractivity contribution in [3.8, 4) is 5.69 Å². The van der Waals surface area contributed by atoms with Crippen LogP contribution in [0.1, 0.15) is 10.4 Å². The summed E-state index contributed by atoms with van der Waals surface area (Å²) in [6.45, 7) is -0.876. The maximum absolute atomic E-state index is 12.9. The van der Waals surface area contributed by atoms with E-state index in [9.17, 15) is 32.3 Å². The van der Waals surface area contributed by atoms with Crippen LogP contribution in [0, 0.1) is 11.8 Å². The Bertz CT molecular complexity index is 1370. The number of carbonyl (C=O) groups is 4. The highest BCUT2D eigenvalue weighted by Gasteiger charge is 2.48. The molecule has 0 bridgehead atoms. The van der Waals surface area contributed by atoms with Gasteiger partial charge in [0.2, 0.25) is 5.91 Å². The van der Waals surface area contributed by atoms with Crippen LogP contribution in [-0.2, 0) is 24.0 Å². The number of anilines is 1. The van der Waals surface area contributed by atoms with Crippen molar-refractivity contribution in [1.29, 1.82) is 0 Å². The van der Waals surface area contributed by atoms with Crippen molar-refractivity contribution in [2.24, 2.45) is 17.6 Å². The maximum Gasteiger partial charge on any atom is 0.492 e. The van der Waals surface area contributed by atoms with Crippen LogP contribution in [0.25, 0.3) is 16.6 Å². The number of rotatable bonds is 6. The van der Waals surface area contributed by atoms with Gasteiger partial charge in [0, 0.05) is 30.4 Å². The summed E-state index contributed by atoms with van der Waals surface area (Å²) in [6, 6.07) is 11.4. The first-order valence-electron chi connectivity index (χ1n) is 10.8. The van der Waals surface area contributed by atoms with Crippen LogP contribution in [0.4, 0.5) is 18.9 Å². The minimum Gasteiger partial charge on any atom is -0.469 e. The van der Waals surface area contributed by atoms with Crippen LogP contribution in [0.3, 0.4) is 0 Å². The molecule has 0 aliphatic carbocycles. The van der Waals surface area contributed by atoms with Crippen LogP contribution in [0.15, 0.2) is 48.7 Å². The number of alkyl halides is 3. The number of primary amides is 1. The third-order valence-electron chi connectivity index (χ3n) is 5.77. The Kier molecular flexibility index (Phi) is 6.85. The molecule has 3 aromatic rings. The molecule has 1 aliphatic rings. The number of carbonyl (C=O) groups excluding carboxylic acids is 4. The monoisotopic (exact) mass is 519 g/mol. The molecule has 2 aromatic carbocycles. The van der Waals surface area contributed by atoms with Crippen LogP contribution >= 0.6 is 0 Å². The van der Waals surface area contributed by atoms with E-state index in [-0.39, 0.29) is 5.56 Å². The van der Waals surface area contributed by atoms with Gasteiger partial charge in [0.15, 0.2) is 0 Å². The summed E-state index contributed by atoms with van der Waals surface area (Å²) >= 11 is 0. The molecule has 2 heterocycles. The Morgan fingerprint density at radius 3 is 2.35 bits per heavy atom. The largest absolute Gasteiger partial charge is 0.492 e. The van der Waals surface area contributed by atoms with Crippen molar-refractivity contribution in [3.05, 3.63) is 54.2 Å². The number of amides is 2. The highest BCUT2D eigenvalue weighted by molar-refractivity contribution is 6.04. The number of hydrogen-bond donors (Lipinski definition) is 2. The Balaban J connectivity index is 1.48. The second kappa shape index (κ2) is 9.89. The number of aromatic nitrogens is 2. The summed E-state index contributed by atoms with van der Waals surface area (Å²) in [6.07, 6.45) is -3.53. The lowest BCUT2D eigenvalue weighted by Gasteiger charge is -2.16. The van der Waals surface area contributed by atoms with Crippen LogP contribution in [0.5, 0.6) is 0 Å². The second-order valence-electron chi connectivity index (χ2n) is 8.18. The fraction of sp³-hybridized carbons (Fsp3) is 0.261. The Labute approximate surface area is 206 Å². The smallest absolute Gasteiger partial charge is 0.469 e. The van der Waals surface area contributed by atoms with Crippen LogP contribution in [-0.4, -0.2) is 65.0 Å². The Morgan fingerprint density at radius 2 is 1.73 bits per heavy atom. The molecule has 37 heavy (non-hydrogen) atoms. The number of fused-ring (bicyclic) bond motifs is 1. The van der Waals surface area contributed by atoms with Crippen molar-refractivity contribution in [2.45, 2.75) is 6.18 Å². The number of hydroxylamine groups is 2. The Morgan fingerprint density at radius 1 is 1.05 bits per heavy atom. The van der Waals surface area contributed by atoms with E-state index < -0.39 is 54.9 Å². The van der Waals surface area contributed by atoms with Crippen molar-refractivity contribution < 1.29 is 41.9 Å². The van der Waals surface area contributed by atoms with Gasteiger partial charge in [-0.1, -0.05) is 12.1 Å². The summed E-state index contributed by atoms with van der Waals surface area (Å²) in [5, 5.41) is 8.31. The number of benzene rings is 2. The van der Waals surface area contributed by atoms with Crippen LogP contribution in [0.2, 0.25) is 0 Å². The molecular weight excluding hydrogens is 499 g/mol. The van der Waals surface area contributed by atoms with Gasteiger partial charge in [0.05, 0.1) is 30.2 Å². The number of ether oxygens (including phenoxy) is 1. The first-order valence-corrected chi connectivity index (χ1v) is 10.8. The van der Waals surface area contributed by atoms with Crippen molar-refractivity contribution in [1.82, 2.24) is 14.8 Å². The van der Waals surface area contributed by atoms with Gasteiger partial charge in [-0.25, -0.2) is 9.48 Å². The second-order valence-corrected chi connectivity index (χ2v) is 8.18. The average Bonchev–Trinajstić information content (AvgIpc) is 3.47. The molecule has 2 atom stereocenters. The van der Waals surface area contributed by atoms with E-state index in [0.717, 1.165) is 7.11 Å². The number of halogens is 3. The molecule has 11 nitrogen and oxygen atoms in total. The van der Waals surface area contributed by atoms with Crippen molar-refractivity contribution in [3.63, 3.8) is 0 Å². The molecule has 0 unspecified atom stereocenters. The molecule has 0 saturated carbocycles. The van der Waals surface area contributed by atoms with Gasteiger partial charge in [-0.2, -0.15) is 18.3 Å². The number of esters is 1. The third kappa shape index (κ3) is 5.38. The molecule has 3 N–H and O–H groups in total. The fourth-order valence-corrected chi connectivity index (χ4v) is 3.98. The van der Waals surface area contributed by atoms with Crippen molar-refractivity contribution in [2.75, 3.05) is 25.5 Å². The zero-order valence-electron chi connectivity index (χ0n) is 19.2. The predicted octanol–water partition coefficient (Wildman–Crippen LogP) is 1.80. The van der Waals surface area contributed by atoms with Gasteiger partial charge in [-0.05, 0) is 30.3 Å². The molecular formula is C23H20F3N5O6. The van der Waals surface area contributed by atoms with Gasteiger partial charge in [-0.15, -0.1) is 5.06 Å². The molecule has 1 fully saturated rings. The summed E-state index contributed by atoms with van der Waals surface area (Å²) in [5.41, 5.74) is 7.03. The third-order valence-corrected chi connectivity index (χ3v) is 5.77. The standard InChI is InChI=1S/C23H20F3N5O6/c1-36-21(34)17-11-30(37-22(35)23(24,25)26)10-16(17)20(33)28-13-5-7-14(8-6-13)31-9-12-3-2-4-15(19(27)32)18(12)29-31/h2-9,16-17H,10-11H2,1H3,(H2,27,32)(H,28,33)/t16-,17+/m1/s1. The van der Waals surface area contributed by atoms with Crippen LogP contribution < -0.4 is 11.1 Å². The normalized spacial score (nSPS) is 17.9. The molecule has 2 amide bonds. The van der Waals surface area contributed by atoms with Gasteiger partial charge >= 0.3 is 18.1 Å². The highest BCUT2D eigenvalue weighted by atomic mass is 19.4. The van der Waals surface area contributed by atoms with E-state index >= 15 is 0 Å². The van der Waals surface area contributed by atoms with E-state index in [0.29, 0.717) is 27.3 Å². The molecule has 14 heteroatoms. The minimum atomic E-state index is -5.23. The number of methoxy groups -OCH3 is 1. The Hall–Kier alpha value is -4.46. The topological polar surface area (TPSA) is 146 Å². The molecule has 1 aliphatic heterocycles. The molecule has 194 valence electrons. The minimum absolute atomic E-state index is 0.270. The number of nitrogens with two attached hydrogens (primary N) is 1. The SMILES string of the molecule is COC(=O)[C@H]1CN(OC(=O)C(F)(F)F)C[C@H]1C(=O)Nc1ccc(-n2cc3cccc(C(N)=O)c3n2)cc1. The van der Waals surface area contributed by atoms with E-state index in [1.165, 1.54) is 4.68 Å². The lowest BCUT2D eigenvalue weighted by Crippen LogP contribution is -2.34. The van der Waals surface area contributed by atoms with E-state index in [1.54, 1.807) is 48.7 Å². The zero-order valence-corrected chi connectivity index (χ0v) is 19.2. The van der Waals surface area contributed by atoms with E-state index in [1.807, 2.05) is 0 Å². The molecule has 0 radical (unpaired) electrons.